The number of rotatable bonds is 6. The molecule has 1 atom stereocenters. The van der Waals surface area contributed by atoms with Crippen LogP contribution in [0.25, 0.3) is 6.08 Å². The second kappa shape index (κ2) is 8.19. The van der Waals surface area contributed by atoms with Gasteiger partial charge in [0, 0.05) is 11.1 Å². The minimum atomic E-state index is -0.579. The Balaban J connectivity index is 2.12. The third-order valence-electron chi connectivity index (χ3n) is 3.14. The van der Waals surface area contributed by atoms with Gasteiger partial charge in [-0.15, -0.1) is 0 Å². The molecule has 23 heavy (non-hydrogen) atoms. The number of hydrogen-bond donors (Lipinski definition) is 1. The van der Waals surface area contributed by atoms with Crippen molar-refractivity contribution in [3.63, 3.8) is 0 Å². The summed E-state index contributed by atoms with van der Waals surface area (Å²) in [5.41, 5.74) is 0.652. The van der Waals surface area contributed by atoms with Crippen molar-refractivity contribution < 1.29 is 18.7 Å². The highest BCUT2D eigenvalue weighted by Crippen LogP contribution is 2.25. The Morgan fingerprint density at radius 2 is 2.09 bits per heavy atom. The van der Waals surface area contributed by atoms with Crippen LogP contribution in [0.15, 0.2) is 53.2 Å². The van der Waals surface area contributed by atoms with Gasteiger partial charge in [0.2, 0.25) is 5.91 Å². The van der Waals surface area contributed by atoms with Crippen LogP contribution in [0.2, 0.25) is 5.02 Å². The minimum Gasteiger partial charge on any atom is -0.469 e. The number of carbonyl (C=O) groups is 2. The number of nitrogens with one attached hydrogen (secondary N) is 1. The number of amides is 1. The number of furan rings is 1. The molecular formula is C17H16ClNO4. The molecule has 0 fully saturated rings. The number of hydrogen-bond acceptors (Lipinski definition) is 4. The van der Waals surface area contributed by atoms with Crippen molar-refractivity contribution in [2.75, 3.05) is 7.11 Å². The number of ether oxygens (including phenoxy) is 1. The first-order chi connectivity index (χ1) is 11.1. The normalized spacial score (nSPS) is 12.1. The first kappa shape index (κ1) is 16.8. The Bertz CT molecular complexity index is 694. The molecule has 0 radical (unpaired) electrons. The molecule has 120 valence electrons. The Kier molecular flexibility index (Phi) is 6.00. The van der Waals surface area contributed by atoms with Crippen LogP contribution in [0, 0.1) is 0 Å². The summed E-state index contributed by atoms with van der Waals surface area (Å²) in [4.78, 5) is 23.7. The molecular weight excluding hydrogens is 318 g/mol. The van der Waals surface area contributed by atoms with Gasteiger partial charge in [0.25, 0.3) is 0 Å². The number of esters is 1. The van der Waals surface area contributed by atoms with Gasteiger partial charge >= 0.3 is 5.97 Å². The van der Waals surface area contributed by atoms with Crippen LogP contribution in [0.3, 0.4) is 0 Å². The van der Waals surface area contributed by atoms with Gasteiger partial charge < -0.3 is 14.5 Å². The van der Waals surface area contributed by atoms with Crippen LogP contribution in [0.4, 0.5) is 0 Å². The largest absolute Gasteiger partial charge is 0.469 e. The lowest BCUT2D eigenvalue weighted by Gasteiger charge is -2.18. The van der Waals surface area contributed by atoms with Gasteiger partial charge in [-0.1, -0.05) is 29.8 Å². The van der Waals surface area contributed by atoms with Gasteiger partial charge in [-0.2, -0.15) is 0 Å². The Morgan fingerprint density at radius 1 is 1.30 bits per heavy atom. The Labute approximate surface area is 138 Å². The molecule has 1 heterocycles. The highest BCUT2D eigenvalue weighted by atomic mass is 35.5. The monoisotopic (exact) mass is 333 g/mol. The second-order valence-corrected chi connectivity index (χ2v) is 5.12. The highest BCUT2D eigenvalue weighted by Gasteiger charge is 2.20. The van der Waals surface area contributed by atoms with E-state index in [1.807, 2.05) is 0 Å². The fourth-order valence-corrected chi connectivity index (χ4v) is 2.28. The molecule has 0 spiro atoms. The van der Waals surface area contributed by atoms with Gasteiger partial charge in [0.1, 0.15) is 5.76 Å². The second-order valence-electron chi connectivity index (χ2n) is 4.71. The minimum absolute atomic E-state index is 0.0133. The highest BCUT2D eigenvalue weighted by molar-refractivity contribution is 6.31. The van der Waals surface area contributed by atoms with E-state index in [-0.39, 0.29) is 12.3 Å². The van der Waals surface area contributed by atoms with Gasteiger partial charge in [-0.05, 0) is 29.8 Å². The maximum atomic E-state index is 12.1. The Hall–Kier alpha value is -2.53. The van der Waals surface area contributed by atoms with Crippen LogP contribution >= 0.6 is 11.6 Å². The van der Waals surface area contributed by atoms with Crippen molar-refractivity contribution in [2.45, 2.75) is 12.5 Å². The van der Waals surface area contributed by atoms with E-state index in [9.17, 15) is 9.59 Å². The van der Waals surface area contributed by atoms with E-state index in [4.69, 9.17) is 16.0 Å². The van der Waals surface area contributed by atoms with E-state index < -0.39 is 12.0 Å². The smallest absolute Gasteiger partial charge is 0.307 e. The lowest BCUT2D eigenvalue weighted by Crippen LogP contribution is -2.29. The Morgan fingerprint density at radius 3 is 2.74 bits per heavy atom. The number of halogens is 1. The maximum absolute atomic E-state index is 12.1. The van der Waals surface area contributed by atoms with E-state index >= 15 is 0 Å². The third kappa shape index (κ3) is 5.00. The van der Waals surface area contributed by atoms with Crippen molar-refractivity contribution in [3.05, 3.63) is 65.1 Å². The summed E-state index contributed by atoms with van der Waals surface area (Å²) in [6.45, 7) is 0. The van der Waals surface area contributed by atoms with Crippen LogP contribution < -0.4 is 5.32 Å². The molecule has 1 unspecified atom stereocenters. The zero-order valence-corrected chi connectivity index (χ0v) is 13.2. The summed E-state index contributed by atoms with van der Waals surface area (Å²) >= 11 is 6.15. The first-order valence-electron chi connectivity index (χ1n) is 6.93. The molecule has 0 saturated carbocycles. The zero-order valence-electron chi connectivity index (χ0n) is 12.5. The lowest BCUT2D eigenvalue weighted by atomic mass is 10.0. The first-order valence-corrected chi connectivity index (χ1v) is 7.31. The fourth-order valence-electron chi connectivity index (χ4n) is 2.01. The van der Waals surface area contributed by atoms with Gasteiger partial charge in [0.15, 0.2) is 0 Å². The molecule has 2 rings (SSSR count). The average Bonchev–Trinajstić information content (AvgIpc) is 3.06. The quantitative estimate of drug-likeness (QED) is 0.650. The predicted molar refractivity (Wildman–Crippen MR) is 86.7 cm³/mol. The lowest BCUT2D eigenvalue weighted by molar-refractivity contribution is -0.141. The molecule has 0 aliphatic rings. The maximum Gasteiger partial charge on any atom is 0.307 e. The molecule has 6 heteroatoms. The summed E-state index contributed by atoms with van der Waals surface area (Å²) < 4.78 is 9.79. The molecule has 0 aliphatic carbocycles. The molecule has 5 nitrogen and oxygen atoms in total. The van der Waals surface area contributed by atoms with Crippen LogP contribution in [0.1, 0.15) is 23.8 Å². The zero-order chi connectivity index (χ0) is 16.7. The SMILES string of the molecule is COC(=O)CC(NC(=O)C=Cc1ccco1)c1ccccc1Cl. The molecule has 1 N–H and O–H groups in total. The van der Waals surface area contributed by atoms with E-state index in [1.54, 1.807) is 36.4 Å². The van der Waals surface area contributed by atoms with E-state index in [1.165, 1.54) is 25.5 Å². The number of carbonyl (C=O) groups excluding carboxylic acids is 2. The molecule has 0 saturated heterocycles. The topological polar surface area (TPSA) is 68.5 Å². The van der Waals surface area contributed by atoms with Gasteiger partial charge in [-0.25, -0.2) is 0 Å². The standard InChI is InChI=1S/C17H16ClNO4/c1-22-17(21)11-15(13-6-2-3-7-14(13)18)19-16(20)9-8-12-5-4-10-23-12/h2-10,15H,11H2,1H3,(H,19,20). The number of benzene rings is 1. The van der Waals surface area contributed by atoms with E-state index in [2.05, 4.69) is 10.1 Å². The van der Waals surface area contributed by atoms with E-state index in [0.717, 1.165) is 0 Å². The summed E-state index contributed by atoms with van der Waals surface area (Å²) in [6, 6.07) is 9.89. The molecule has 1 aromatic heterocycles. The van der Waals surface area contributed by atoms with Crippen LogP contribution in [-0.2, 0) is 14.3 Å². The third-order valence-corrected chi connectivity index (χ3v) is 3.48. The molecule has 1 amide bonds. The molecule has 2 aromatic rings. The van der Waals surface area contributed by atoms with Gasteiger partial charge in [0.05, 0.1) is 25.8 Å². The van der Waals surface area contributed by atoms with Crippen molar-refractivity contribution in [1.82, 2.24) is 5.32 Å². The van der Waals surface area contributed by atoms with Gasteiger partial charge in [-0.3, -0.25) is 9.59 Å². The van der Waals surface area contributed by atoms with Crippen molar-refractivity contribution >= 4 is 29.6 Å². The van der Waals surface area contributed by atoms with Crippen LogP contribution in [0.5, 0.6) is 0 Å². The summed E-state index contributed by atoms with van der Waals surface area (Å²) in [5, 5.41) is 3.22. The predicted octanol–water partition coefficient (Wildman–Crippen LogP) is 3.37. The molecule has 1 aromatic carbocycles. The molecule has 0 bridgehead atoms. The fraction of sp³-hybridized carbons (Fsp3) is 0.176. The van der Waals surface area contributed by atoms with Crippen LogP contribution in [-0.4, -0.2) is 19.0 Å². The number of methoxy groups -OCH3 is 1. The average molecular weight is 334 g/mol. The van der Waals surface area contributed by atoms with Crippen molar-refractivity contribution in [2.24, 2.45) is 0 Å². The van der Waals surface area contributed by atoms with E-state index in [0.29, 0.717) is 16.3 Å². The van der Waals surface area contributed by atoms with Crippen molar-refractivity contribution in [1.29, 1.82) is 0 Å². The van der Waals surface area contributed by atoms with Crippen molar-refractivity contribution in [3.8, 4) is 0 Å². The summed E-state index contributed by atoms with van der Waals surface area (Å²) in [7, 11) is 1.30. The summed E-state index contributed by atoms with van der Waals surface area (Å²) in [6.07, 6.45) is 4.37. The summed E-state index contributed by atoms with van der Waals surface area (Å²) in [5.74, 6) is -0.247. The molecule has 0 aliphatic heterocycles.